The van der Waals surface area contributed by atoms with Crippen molar-refractivity contribution in [2.45, 2.75) is 39.2 Å². The molecule has 0 atom stereocenters. The van der Waals surface area contributed by atoms with Gasteiger partial charge in [-0.3, -0.25) is 5.10 Å². The summed E-state index contributed by atoms with van der Waals surface area (Å²) in [6.07, 6.45) is 7.43. The van der Waals surface area contributed by atoms with E-state index in [-0.39, 0.29) is 0 Å². The first-order chi connectivity index (χ1) is 9.33. The zero-order chi connectivity index (χ0) is 13.1. The van der Waals surface area contributed by atoms with Crippen LogP contribution in [0, 0.1) is 12.8 Å². The van der Waals surface area contributed by atoms with Crippen LogP contribution in [0.25, 0.3) is 11.5 Å². The van der Waals surface area contributed by atoms with Gasteiger partial charge in [0.15, 0.2) is 5.76 Å². The Morgan fingerprint density at radius 3 is 3.05 bits per heavy atom. The lowest BCUT2D eigenvalue weighted by Crippen LogP contribution is -2.14. The van der Waals surface area contributed by atoms with Gasteiger partial charge in [-0.2, -0.15) is 5.10 Å². The standard InChI is InChI=1S/C15H21N3O/c1-11-4-7-14(19-11)15-13(10-17-18-15)9-16-8-2-3-12-5-6-12/h4,7,10,12,16H,2-3,5-6,8-9H2,1H3,(H,17,18). The summed E-state index contributed by atoms with van der Waals surface area (Å²) in [6, 6.07) is 3.96. The minimum Gasteiger partial charge on any atom is -0.460 e. The first kappa shape index (κ1) is 12.5. The highest BCUT2D eigenvalue weighted by molar-refractivity contribution is 5.56. The summed E-state index contributed by atoms with van der Waals surface area (Å²) in [4.78, 5) is 0. The molecular weight excluding hydrogens is 238 g/mol. The fourth-order valence-corrected chi connectivity index (χ4v) is 2.37. The summed E-state index contributed by atoms with van der Waals surface area (Å²) < 4.78 is 5.64. The lowest BCUT2D eigenvalue weighted by Gasteiger charge is -2.04. The minimum atomic E-state index is 0.843. The van der Waals surface area contributed by atoms with E-state index >= 15 is 0 Å². The molecular formula is C15H21N3O. The normalized spacial score (nSPS) is 15.0. The van der Waals surface area contributed by atoms with E-state index in [1.54, 1.807) is 0 Å². The molecule has 2 aromatic rings. The quantitative estimate of drug-likeness (QED) is 0.750. The van der Waals surface area contributed by atoms with Crippen molar-refractivity contribution in [2.75, 3.05) is 6.54 Å². The molecule has 1 aliphatic carbocycles. The topological polar surface area (TPSA) is 53.9 Å². The van der Waals surface area contributed by atoms with Gasteiger partial charge in [0.2, 0.25) is 0 Å². The molecule has 4 heteroatoms. The van der Waals surface area contributed by atoms with Crippen LogP contribution in [0.15, 0.2) is 22.7 Å². The van der Waals surface area contributed by atoms with Crippen molar-refractivity contribution in [3.8, 4) is 11.5 Å². The fourth-order valence-electron chi connectivity index (χ4n) is 2.37. The Labute approximate surface area is 113 Å². The van der Waals surface area contributed by atoms with Crippen LogP contribution < -0.4 is 5.32 Å². The summed E-state index contributed by atoms with van der Waals surface area (Å²) in [6.45, 7) is 3.88. The molecule has 0 saturated heterocycles. The number of rotatable bonds is 7. The van der Waals surface area contributed by atoms with Gasteiger partial charge >= 0.3 is 0 Å². The van der Waals surface area contributed by atoms with Gasteiger partial charge in [0.05, 0.1) is 6.20 Å². The molecule has 2 heterocycles. The second-order valence-electron chi connectivity index (χ2n) is 5.44. The maximum absolute atomic E-state index is 5.64. The van der Waals surface area contributed by atoms with Crippen LogP contribution in [0.3, 0.4) is 0 Å². The number of nitrogens with one attached hydrogen (secondary N) is 2. The Bertz CT molecular complexity index is 525. The summed E-state index contributed by atoms with van der Waals surface area (Å²) in [5.74, 6) is 2.81. The molecule has 1 saturated carbocycles. The molecule has 1 fully saturated rings. The van der Waals surface area contributed by atoms with Crippen molar-refractivity contribution in [2.24, 2.45) is 5.92 Å². The summed E-state index contributed by atoms with van der Waals surface area (Å²) in [7, 11) is 0. The molecule has 3 rings (SSSR count). The van der Waals surface area contributed by atoms with Crippen LogP contribution in [0.2, 0.25) is 0 Å². The number of hydrogen-bond acceptors (Lipinski definition) is 3. The molecule has 0 aliphatic heterocycles. The number of nitrogens with zero attached hydrogens (tertiary/aromatic N) is 1. The van der Waals surface area contributed by atoms with E-state index in [9.17, 15) is 0 Å². The monoisotopic (exact) mass is 259 g/mol. The molecule has 102 valence electrons. The highest BCUT2D eigenvalue weighted by atomic mass is 16.3. The Balaban J connectivity index is 1.51. The summed E-state index contributed by atoms with van der Waals surface area (Å²) in [5, 5.41) is 10.6. The lowest BCUT2D eigenvalue weighted by molar-refractivity contribution is 0.544. The third-order valence-electron chi connectivity index (χ3n) is 3.68. The van der Waals surface area contributed by atoms with Gasteiger partial charge in [0.1, 0.15) is 11.5 Å². The molecule has 1 aliphatic rings. The van der Waals surface area contributed by atoms with Gasteiger partial charge in [0, 0.05) is 12.1 Å². The zero-order valence-corrected chi connectivity index (χ0v) is 11.4. The second-order valence-corrected chi connectivity index (χ2v) is 5.44. The van der Waals surface area contributed by atoms with Gasteiger partial charge < -0.3 is 9.73 Å². The number of aryl methyl sites for hydroxylation is 1. The minimum absolute atomic E-state index is 0.843. The maximum Gasteiger partial charge on any atom is 0.152 e. The Kier molecular flexibility index (Phi) is 3.69. The van der Waals surface area contributed by atoms with Crippen molar-refractivity contribution in [1.29, 1.82) is 0 Å². The van der Waals surface area contributed by atoms with E-state index in [1.165, 1.54) is 31.2 Å². The van der Waals surface area contributed by atoms with Gasteiger partial charge in [-0.05, 0) is 44.4 Å². The van der Waals surface area contributed by atoms with E-state index < -0.39 is 0 Å². The van der Waals surface area contributed by atoms with Crippen molar-refractivity contribution >= 4 is 0 Å². The molecule has 4 nitrogen and oxygen atoms in total. The highest BCUT2D eigenvalue weighted by Crippen LogP contribution is 2.33. The van der Waals surface area contributed by atoms with E-state index in [1.807, 2.05) is 25.3 Å². The van der Waals surface area contributed by atoms with Gasteiger partial charge in [-0.25, -0.2) is 0 Å². The Morgan fingerprint density at radius 1 is 1.42 bits per heavy atom. The smallest absolute Gasteiger partial charge is 0.152 e. The number of hydrogen-bond donors (Lipinski definition) is 2. The second kappa shape index (κ2) is 5.61. The van der Waals surface area contributed by atoms with Gasteiger partial charge in [-0.15, -0.1) is 0 Å². The molecule has 0 bridgehead atoms. The van der Waals surface area contributed by atoms with Gasteiger partial charge in [0.25, 0.3) is 0 Å². The summed E-state index contributed by atoms with van der Waals surface area (Å²) in [5.41, 5.74) is 2.16. The molecule has 2 N–H and O–H groups in total. The first-order valence-corrected chi connectivity index (χ1v) is 7.12. The summed E-state index contributed by atoms with van der Waals surface area (Å²) >= 11 is 0. The van der Waals surface area contributed by atoms with Crippen LogP contribution in [-0.4, -0.2) is 16.7 Å². The fraction of sp³-hybridized carbons (Fsp3) is 0.533. The van der Waals surface area contributed by atoms with Crippen LogP contribution in [-0.2, 0) is 6.54 Å². The molecule has 19 heavy (non-hydrogen) atoms. The van der Waals surface area contributed by atoms with Crippen LogP contribution in [0.1, 0.15) is 37.0 Å². The van der Waals surface area contributed by atoms with Crippen molar-refractivity contribution < 1.29 is 4.42 Å². The average molecular weight is 259 g/mol. The maximum atomic E-state index is 5.64. The van der Waals surface area contributed by atoms with Crippen molar-refractivity contribution in [1.82, 2.24) is 15.5 Å². The predicted octanol–water partition coefficient (Wildman–Crippen LogP) is 3.26. The number of aromatic amines is 1. The highest BCUT2D eigenvalue weighted by Gasteiger charge is 2.19. The van der Waals surface area contributed by atoms with Crippen LogP contribution in [0.4, 0.5) is 0 Å². The number of furan rings is 1. The van der Waals surface area contributed by atoms with E-state index in [2.05, 4.69) is 15.5 Å². The third kappa shape index (κ3) is 3.26. The van der Waals surface area contributed by atoms with Crippen molar-refractivity contribution in [3.63, 3.8) is 0 Å². The van der Waals surface area contributed by atoms with Crippen molar-refractivity contribution in [3.05, 3.63) is 29.7 Å². The molecule has 0 aromatic carbocycles. The Morgan fingerprint density at radius 2 is 2.32 bits per heavy atom. The molecule has 0 radical (unpaired) electrons. The third-order valence-corrected chi connectivity index (χ3v) is 3.68. The zero-order valence-electron chi connectivity index (χ0n) is 11.4. The number of H-pyrrole nitrogens is 1. The lowest BCUT2D eigenvalue weighted by atomic mass is 10.2. The largest absolute Gasteiger partial charge is 0.460 e. The van der Waals surface area contributed by atoms with Crippen LogP contribution in [0.5, 0.6) is 0 Å². The average Bonchev–Trinajstić information content (AvgIpc) is 2.93. The van der Waals surface area contributed by atoms with E-state index in [4.69, 9.17) is 4.42 Å². The Hall–Kier alpha value is -1.55. The van der Waals surface area contributed by atoms with E-state index in [0.717, 1.165) is 36.2 Å². The van der Waals surface area contributed by atoms with E-state index in [0.29, 0.717) is 0 Å². The SMILES string of the molecule is Cc1ccc(-c2[nH]ncc2CNCCCC2CC2)o1. The molecule has 0 amide bonds. The van der Waals surface area contributed by atoms with Crippen LogP contribution >= 0.6 is 0 Å². The molecule has 2 aromatic heterocycles. The first-order valence-electron chi connectivity index (χ1n) is 7.12. The molecule has 0 unspecified atom stereocenters. The van der Waals surface area contributed by atoms with Gasteiger partial charge in [-0.1, -0.05) is 12.8 Å². The number of aromatic nitrogens is 2. The predicted molar refractivity (Wildman–Crippen MR) is 74.7 cm³/mol. The molecule has 0 spiro atoms.